The van der Waals surface area contributed by atoms with Crippen molar-refractivity contribution < 1.29 is 19.3 Å². The van der Waals surface area contributed by atoms with E-state index in [1.165, 1.54) is 5.69 Å². The van der Waals surface area contributed by atoms with E-state index < -0.39 is 0 Å². The fourth-order valence-electron chi connectivity index (χ4n) is 3.28. The zero-order chi connectivity index (χ0) is 20.5. The number of methoxy groups -OCH3 is 1. The smallest absolute Gasteiger partial charge is 0.246 e. The lowest BCUT2D eigenvalue weighted by molar-refractivity contribution is -0.377. The number of hydrogen-bond donors (Lipinski definition) is 0. The summed E-state index contributed by atoms with van der Waals surface area (Å²) in [5.41, 5.74) is 2.09. The number of anilines is 1. The first kappa shape index (κ1) is 20.7. The van der Waals surface area contributed by atoms with Crippen LogP contribution in [0.5, 0.6) is 11.5 Å². The molecule has 2 aromatic rings. The average molecular weight is 397 g/mol. The zero-order valence-corrected chi connectivity index (χ0v) is 17.3. The second-order valence-corrected chi connectivity index (χ2v) is 7.02. The largest absolute Gasteiger partial charge is 0.493 e. The van der Waals surface area contributed by atoms with Gasteiger partial charge in [-0.1, -0.05) is 19.4 Å². The number of aromatic nitrogens is 1. The van der Waals surface area contributed by atoms with Crippen LogP contribution in [0, 0.1) is 0 Å². The predicted octanol–water partition coefficient (Wildman–Crippen LogP) is 3.05. The SMILES string of the molecule is CCCCOc1ccc(/C=C/C(=O)N2CCN(c3cc[nH+]cc3)CC2)cc1OC. The highest BCUT2D eigenvalue weighted by Crippen LogP contribution is 2.28. The summed E-state index contributed by atoms with van der Waals surface area (Å²) in [7, 11) is 1.63. The molecule has 1 amide bonds. The number of H-pyrrole nitrogens is 1. The first-order chi connectivity index (χ1) is 14.2. The number of nitrogens with one attached hydrogen (secondary N) is 1. The van der Waals surface area contributed by atoms with Crippen LogP contribution in [0.2, 0.25) is 0 Å². The van der Waals surface area contributed by atoms with E-state index in [1.54, 1.807) is 13.2 Å². The number of amides is 1. The molecule has 1 aromatic heterocycles. The number of hydrogen-bond acceptors (Lipinski definition) is 4. The van der Waals surface area contributed by atoms with Gasteiger partial charge in [-0.25, -0.2) is 4.98 Å². The second-order valence-electron chi connectivity index (χ2n) is 7.02. The summed E-state index contributed by atoms with van der Waals surface area (Å²) < 4.78 is 11.2. The number of pyridine rings is 1. The van der Waals surface area contributed by atoms with Crippen molar-refractivity contribution in [3.8, 4) is 11.5 Å². The molecule has 2 heterocycles. The van der Waals surface area contributed by atoms with Crippen molar-refractivity contribution in [3.05, 3.63) is 54.4 Å². The van der Waals surface area contributed by atoms with Crippen molar-refractivity contribution in [3.63, 3.8) is 0 Å². The summed E-state index contributed by atoms with van der Waals surface area (Å²) in [6.07, 6.45) is 9.41. The van der Waals surface area contributed by atoms with Gasteiger partial charge in [-0.15, -0.1) is 0 Å². The van der Waals surface area contributed by atoms with Crippen molar-refractivity contribution in [1.29, 1.82) is 0 Å². The van der Waals surface area contributed by atoms with Crippen LogP contribution in [-0.4, -0.2) is 50.7 Å². The molecule has 1 aliphatic heterocycles. The topological polar surface area (TPSA) is 56.2 Å². The van der Waals surface area contributed by atoms with Crippen LogP contribution in [0.1, 0.15) is 25.3 Å². The summed E-state index contributed by atoms with van der Waals surface area (Å²) in [4.78, 5) is 19.8. The maximum atomic E-state index is 12.6. The summed E-state index contributed by atoms with van der Waals surface area (Å²) in [6.45, 7) is 5.91. The number of piperazine rings is 1. The number of nitrogens with zero attached hydrogens (tertiary/aromatic N) is 2. The van der Waals surface area contributed by atoms with E-state index in [0.29, 0.717) is 12.4 Å². The van der Waals surface area contributed by atoms with E-state index >= 15 is 0 Å². The Labute approximate surface area is 172 Å². The molecule has 6 heteroatoms. The third kappa shape index (κ3) is 5.73. The molecule has 6 nitrogen and oxygen atoms in total. The van der Waals surface area contributed by atoms with Gasteiger partial charge in [-0.3, -0.25) is 4.79 Å². The Morgan fingerprint density at radius 2 is 1.86 bits per heavy atom. The monoisotopic (exact) mass is 396 g/mol. The molecular weight excluding hydrogens is 366 g/mol. The van der Waals surface area contributed by atoms with Crippen molar-refractivity contribution in [2.24, 2.45) is 0 Å². The highest BCUT2D eigenvalue weighted by molar-refractivity contribution is 5.92. The van der Waals surface area contributed by atoms with E-state index in [4.69, 9.17) is 9.47 Å². The number of ether oxygens (including phenoxy) is 2. The Morgan fingerprint density at radius 1 is 1.10 bits per heavy atom. The lowest BCUT2D eigenvalue weighted by Crippen LogP contribution is -2.48. The lowest BCUT2D eigenvalue weighted by Gasteiger charge is -2.35. The maximum Gasteiger partial charge on any atom is 0.246 e. The van der Waals surface area contributed by atoms with Gasteiger partial charge in [0, 0.05) is 50.1 Å². The van der Waals surface area contributed by atoms with Crippen molar-refractivity contribution >= 4 is 17.7 Å². The van der Waals surface area contributed by atoms with Gasteiger partial charge < -0.3 is 19.3 Å². The van der Waals surface area contributed by atoms with Gasteiger partial charge in [0.1, 0.15) is 0 Å². The van der Waals surface area contributed by atoms with Gasteiger partial charge in [0.15, 0.2) is 23.9 Å². The Hall–Kier alpha value is -3.02. The van der Waals surface area contributed by atoms with Crippen LogP contribution in [0.15, 0.2) is 48.8 Å². The van der Waals surface area contributed by atoms with E-state index in [2.05, 4.69) is 28.9 Å². The average Bonchev–Trinajstić information content (AvgIpc) is 2.79. The van der Waals surface area contributed by atoms with Gasteiger partial charge in [0.05, 0.1) is 13.7 Å². The van der Waals surface area contributed by atoms with Gasteiger partial charge in [-0.05, 0) is 30.2 Å². The normalized spacial score (nSPS) is 14.3. The van der Waals surface area contributed by atoms with Gasteiger partial charge in [0.25, 0.3) is 0 Å². The fraction of sp³-hybridized carbons (Fsp3) is 0.391. The molecule has 0 bridgehead atoms. The Balaban J connectivity index is 1.55. The summed E-state index contributed by atoms with van der Waals surface area (Å²) in [6, 6.07) is 9.85. The Morgan fingerprint density at radius 3 is 2.55 bits per heavy atom. The number of carbonyl (C=O) groups is 1. The summed E-state index contributed by atoms with van der Waals surface area (Å²) in [5, 5.41) is 0. The molecule has 1 aliphatic rings. The van der Waals surface area contributed by atoms with Crippen LogP contribution in [0.4, 0.5) is 5.69 Å². The van der Waals surface area contributed by atoms with E-state index in [1.807, 2.05) is 41.6 Å². The van der Waals surface area contributed by atoms with E-state index in [9.17, 15) is 4.79 Å². The van der Waals surface area contributed by atoms with Crippen molar-refractivity contribution in [2.75, 3.05) is 44.8 Å². The van der Waals surface area contributed by atoms with Gasteiger partial charge in [0.2, 0.25) is 5.91 Å². The quantitative estimate of drug-likeness (QED) is 0.508. The van der Waals surface area contributed by atoms with E-state index in [0.717, 1.165) is 50.3 Å². The first-order valence-corrected chi connectivity index (χ1v) is 10.2. The molecule has 0 atom stereocenters. The second kappa shape index (κ2) is 10.5. The summed E-state index contributed by atoms with van der Waals surface area (Å²) in [5.74, 6) is 1.46. The molecule has 3 rings (SSSR count). The van der Waals surface area contributed by atoms with Crippen molar-refractivity contribution in [2.45, 2.75) is 19.8 Å². The van der Waals surface area contributed by atoms with E-state index in [-0.39, 0.29) is 5.91 Å². The number of carbonyl (C=O) groups excluding carboxylic acids is 1. The molecule has 0 saturated carbocycles. The molecule has 154 valence electrons. The number of unbranched alkanes of at least 4 members (excludes halogenated alkanes) is 1. The van der Waals surface area contributed by atoms with Crippen LogP contribution < -0.4 is 19.4 Å². The molecule has 1 fully saturated rings. The minimum atomic E-state index is 0.0354. The third-order valence-corrected chi connectivity index (χ3v) is 5.02. The molecule has 1 N–H and O–H groups in total. The number of benzene rings is 1. The molecule has 0 radical (unpaired) electrons. The fourth-order valence-corrected chi connectivity index (χ4v) is 3.28. The van der Waals surface area contributed by atoms with Crippen LogP contribution in [-0.2, 0) is 4.79 Å². The molecule has 1 aromatic carbocycles. The van der Waals surface area contributed by atoms with Crippen LogP contribution in [0.3, 0.4) is 0 Å². The first-order valence-electron chi connectivity index (χ1n) is 10.2. The molecule has 0 spiro atoms. The molecular formula is C23H30N3O3+. The Kier molecular flexibility index (Phi) is 7.50. The van der Waals surface area contributed by atoms with Crippen molar-refractivity contribution in [1.82, 2.24) is 4.90 Å². The molecule has 1 saturated heterocycles. The van der Waals surface area contributed by atoms with Crippen LogP contribution >= 0.6 is 0 Å². The molecule has 29 heavy (non-hydrogen) atoms. The predicted molar refractivity (Wildman–Crippen MR) is 114 cm³/mol. The highest BCUT2D eigenvalue weighted by atomic mass is 16.5. The molecule has 0 aliphatic carbocycles. The number of aromatic amines is 1. The minimum absolute atomic E-state index is 0.0354. The summed E-state index contributed by atoms with van der Waals surface area (Å²) >= 11 is 0. The maximum absolute atomic E-state index is 12.6. The minimum Gasteiger partial charge on any atom is -0.493 e. The standard InChI is InChI=1S/C23H29N3O3/c1-3-4-17-29-21-7-5-19(18-22(21)28-2)6-8-23(27)26-15-13-25(14-16-26)20-9-11-24-12-10-20/h5-12,18H,3-4,13-17H2,1-2H3/p+1/b8-6+. The third-order valence-electron chi connectivity index (χ3n) is 5.02. The van der Waals surface area contributed by atoms with Gasteiger partial charge >= 0.3 is 0 Å². The zero-order valence-electron chi connectivity index (χ0n) is 17.3. The number of rotatable bonds is 8. The lowest BCUT2D eigenvalue weighted by atomic mass is 10.1. The Bertz CT molecular complexity index is 815. The molecule has 0 unspecified atom stereocenters. The van der Waals surface area contributed by atoms with Crippen LogP contribution in [0.25, 0.3) is 6.08 Å². The van der Waals surface area contributed by atoms with Gasteiger partial charge in [-0.2, -0.15) is 0 Å². The highest BCUT2D eigenvalue weighted by Gasteiger charge is 2.20.